The second-order valence-electron chi connectivity index (χ2n) is 8.39. The molecule has 0 unspecified atom stereocenters. The van der Waals surface area contributed by atoms with Crippen molar-refractivity contribution >= 4 is 15.7 Å². The number of piperidine rings is 1. The normalized spacial score (nSPS) is 24.0. The van der Waals surface area contributed by atoms with Crippen LogP contribution in [0, 0.1) is 0 Å². The maximum absolute atomic E-state index is 12.9. The van der Waals surface area contributed by atoms with Gasteiger partial charge in [-0.1, -0.05) is 36.4 Å². The summed E-state index contributed by atoms with van der Waals surface area (Å²) < 4.78 is 30.1. The van der Waals surface area contributed by atoms with Crippen molar-refractivity contribution in [1.82, 2.24) is 4.90 Å². The fourth-order valence-electron chi connectivity index (χ4n) is 4.51. The van der Waals surface area contributed by atoms with E-state index in [1.807, 2.05) is 30.3 Å². The van der Waals surface area contributed by atoms with Crippen LogP contribution in [0.3, 0.4) is 0 Å². The minimum atomic E-state index is -3.37. The number of amides is 1. The largest absolute Gasteiger partial charge is 0.393 e. The molecule has 2 fully saturated rings. The van der Waals surface area contributed by atoms with Gasteiger partial charge >= 0.3 is 0 Å². The molecule has 30 heavy (non-hydrogen) atoms. The highest BCUT2D eigenvalue weighted by molar-refractivity contribution is 7.90. The molecule has 1 amide bonds. The van der Waals surface area contributed by atoms with Crippen molar-refractivity contribution < 1.29 is 23.1 Å². The topological polar surface area (TPSA) is 83.9 Å². The number of benzene rings is 2. The molecule has 2 aliphatic rings. The molecule has 1 N–H and O–H groups in total. The SMILES string of the molecule is CS(=O)(=O)c1cccc(C(=O)N2CCC3(CC2)C[C@H](O)C[C@H](c2ccccc2)O3)c1. The maximum Gasteiger partial charge on any atom is 0.253 e. The van der Waals surface area contributed by atoms with Gasteiger partial charge in [-0.3, -0.25) is 4.79 Å². The van der Waals surface area contributed by atoms with Gasteiger partial charge < -0.3 is 14.7 Å². The van der Waals surface area contributed by atoms with E-state index in [-0.39, 0.29) is 16.9 Å². The average Bonchev–Trinajstić information content (AvgIpc) is 2.73. The van der Waals surface area contributed by atoms with Crippen molar-refractivity contribution in [3.8, 4) is 0 Å². The highest BCUT2D eigenvalue weighted by Crippen LogP contribution is 2.43. The Morgan fingerprint density at radius 3 is 2.47 bits per heavy atom. The molecule has 6 nitrogen and oxygen atoms in total. The fourth-order valence-corrected chi connectivity index (χ4v) is 5.18. The predicted molar refractivity (Wildman–Crippen MR) is 113 cm³/mol. The molecule has 2 atom stereocenters. The van der Waals surface area contributed by atoms with Gasteiger partial charge in [-0.05, 0) is 36.6 Å². The van der Waals surface area contributed by atoms with Crippen molar-refractivity contribution in [2.75, 3.05) is 19.3 Å². The summed E-state index contributed by atoms with van der Waals surface area (Å²) in [4.78, 5) is 14.8. The molecular formula is C23H27NO5S. The van der Waals surface area contributed by atoms with Crippen LogP contribution < -0.4 is 0 Å². The van der Waals surface area contributed by atoms with Crippen LogP contribution in [0.1, 0.15) is 47.7 Å². The Balaban J connectivity index is 1.46. The standard InChI is InChI=1S/C23H27NO5S/c1-30(27,28)20-9-5-8-18(14-20)22(26)24-12-10-23(11-13-24)16-19(25)15-21(29-23)17-6-3-2-4-7-17/h2-9,14,19,21,25H,10-13,15-16H2,1H3/t19-,21-/m1/s1. The van der Waals surface area contributed by atoms with Gasteiger partial charge in [0, 0.05) is 37.8 Å². The van der Waals surface area contributed by atoms with Gasteiger partial charge in [0.15, 0.2) is 9.84 Å². The lowest BCUT2D eigenvalue weighted by molar-refractivity contribution is -0.181. The average molecular weight is 430 g/mol. The summed E-state index contributed by atoms with van der Waals surface area (Å²) in [6, 6.07) is 16.1. The first-order valence-corrected chi connectivity index (χ1v) is 12.2. The minimum Gasteiger partial charge on any atom is -0.393 e. The first kappa shape index (κ1) is 21.0. The lowest BCUT2D eigenvalue weighted by atomic mass is 9.81. The molecule has 2 heterocycles. The van der Waals surface area contributed by atoms with Crippen LogP contribution in [0.15, 0.2) is 59.5 Å². The summed E-state index contributed by atoms with van der Waals surface area (Å²) >= 11 is 0. The van der Waals surface area contributed by atoms with E-state index in [1.54, 1.807) is 17.0 Å². The Bertz CT molecular complexity index is 1010. The molecule has 1 spiro atoms. The van der Waals surface area contributed by atoms with Gasteiger partial charge in [-0.25, -0.2) is 8.42 Å². The quantitative estimate of drug-likeness (QED) is 0.811. The smallest absolute Gasteiger partial charge is 0.253 e. The Hall–Kier alpha value is -2.22. The molecule has 2 aromatic carbocycles. The molecule has 2 aromatic rings. The van der Waals surface area contributed by atoms with E-state index in [0.717, 1.165) is 11.8 Å². The van der Waals surface area contributed by atoms with Gasteiger partial charge in [0.25, 0.3) is 5.91 Å². The molecule has 0 aliphatic carbocycles. The van der Waals surface area contributed by atoms with E-state index in [1.165, 1.54) is 12.1 Å². The van der Waals surface area contributed by atoms with Crippen molar-refractivity contribution in [3.05, 3.63) is 65.7 Å². The maximum atomic E-state index is 12.9. The molecule has 7 heteroatoms. The number of carbonyl (C=O) groups excluding carboxylic acids is 1. The van der Waals surface area contributed by atoms with Crippen molar-refractivity contribution in [2.45, 2.75) is 48.4 Å². The van der Waals surface area contributed by atoms with E-state index in [2.05, 4.69) is 0 Å². The molecular weight excluding hydrogens is 402 g/mol. The molecule has 2 saturated heterocycles. The summed E-state index contributed by atoms with van der Waals surface area (Å²) in [7, 11) is -3.37. The number of ether oxygens (including phenoxy) is 1. The van der Waals surface area contributed by atoms with Gasteiger partial charge in [0.05, 0.1) is 22.7 Å². The second-order valence-corrected chi connectivity index (χ2v) is 10.4. The first-order valence-electron chi connectivity index (χ1n) is 10.3. The number of sulfone groups is 1. The number of hydrogen-bond acceptors (Lipinski definition) is 5. The van der Waals surface area contributed by atoms with Gasteiger partial charge in [-0.15, -0.1) is 0 Å². The summed E-state index contributed by atoms with van der Waals surface area (Å²) in [5.41, 5.74) is 0.996. The summed E-state index contributed by atoms with van der Waals surface area (Å²) in [6.45, 7) is 1.02. The van der Waals surface area contributed by atoms with E-state index >= 15 is 0 Å². The summed E-state index contributed by atoms with van der Waals surface area (Å²) in [6.07, 6.45) is 2.99. The van der Waals surface area contributed by atoms with E-state index in [9.17, 15) is 18.3 Å². The molecule has 0 radical (unpaired) electrons. The number of hydrogen-bond donors (Lipinski definition) is 1. The Morgan fingerprint density at radius 2 is 1.80 bits per heavy atom. The van der Waals surface area contributed by atoms with Crippen molar-refractivity contribution in [1.29, 1.82) is 0 Å². The Kier molecular flexibility index (Phi) is 5.70. The predicted octanol–water partition coefficient (Wildman–Crippen LogP) is 2.98. The third-order valence-electron chi connectivity index (χ3n) is 6.13. The summed E-state index contributed by atoms with van der Waals surface area (Å²) in [5, 5.41) is 10.5. The molecule has 4 rings (SSSR count). The van der Waals surface area contributed by atoms with Crippen LogP contribution >= 0.6 is 0 Å². The molecule has 0 aromatic heterocycles. The van der Waals surface area contributed by atoms with Crippen molar-refractivity contribution in [2.24, 2.45) is 0 Å². The molecule has 0 saturated carbocycles. The summed E-state index contributed by atoms with van der Waals surface area (Å²) in [5.74, 6) is -0.175. The van der Waals surface area contributed by atoms with E-state index < -0.39 is 21.5 Å². The van der Waals surface area contributed by atoms with Crippen LogP contribution in [-0.2, 0) is 14.6 Å². The highest BCUT2D eigenvalue weighted by atomic mass is 32.2. The number of rotatable bonds is 3. The second kappa shape index (κ2) is 8.13. The Morgan fingerprint density at radius 1 is 1.10 bits per heavy atom. The molecule has 2 aliphatic heterocycles. The van der Waals surface area contributed by atoms with Crippen molar-refractivity contribution in [3.63, 3.8) is 0 Å². The highest BCUT2D eigenvalue weighted by Gasteiger charge is 2.44. The number of aliphatic hydroxyl groups excluding tert-OH is 1. The lowest BCUT2D eigenvalue weighted by Crippen LogP contribution is -2.52. The zero-order chi connectivity index (χ0) is 21.4. The first-order chi connectivity index (χ1) is 14.3. The zero-order valence-corrected chi connectivity index (χ0v) is 17.8. The van der Waals surface area contributed by atoms with Crippen LogP contribution in [0.2, 0.25) is 0 Å². The number of carbonyl (C=O) groups is 1. The Labute approximate surface area is 177 Å². The number of aliphatic hydroxyl groups is 1. The monoisotopic (exact) mass is 429 g/mol. The fraction of sp³-hybridized carbons (Fsp3) is 0.435. The van der Waals surface area contributed by atoms with Gasteiger partial charge in [0.1, 0.15) is 0 Å². The van der Waals surface area contributed by atoms with E-state index in [0.29, 0.717) is 44.3 Å². The van der Waals surface area contributed by atoms with Gasteiger partial charge in [0.2, 0.25) is 0 Å². The van der Waals surface area contributed by atoms with Crippen LogP contribution in [0.5, 0.6) is 0 Å². The van der Waals surface area contributed by atoms with E-state index in [4.69, 9.17) is 4.74 Å². The lowest BCUT2D eigenvalue weighted by Gasteiger charge is -2.48. The third-order valence-corrected chi connectivity index (χ3v) is 7.24. The molecule has 0 bridgehead atoms. The van der Waals surface area contributed by atoms with Crippen LogP contribution in [0.4, 0.5) is 0 Å². The third kappa shape index (κ3) is 4.43. The van der Waals surface area contributed by atoms with Gasteiger partial charge in [-0.2, -0.15) is 0 Å². The minimum absolute atomic E-state index is 0.145. The number of likely N-dealkylation sites (tertiary alicyclic amines) is 1. The zero-order valence-electron chi connectivity index (χ0n) is 17.0. The molecule has 160 valence electrons. The number of nitrogens with zero attached hydrogens (tertiary/aromatic N) is 1. The van der Waals surface area contributed by atoms with Crippen LogP contribution in [-0.4, -0.2) is 55.4 Å². The van der Waals surface area contributed by atoms with Crippen LogP contribution in [0.25, 0.3) is 0 Å².